The molecule has 0 unspecified atom stereocenters. The van der Waals surface area contributed by atoms with Crippen LogP contribution in [0.5, 0.6) is 0 Å². The van der Waals surface area contributed by atoms with Gasteiger partial charge in [-0.2, -0.15) is 13.1 Å². The molecule has 9 nitrogen and oxygen atoms in total. The molecule has 1 saturated heterocycles. The predicted molar refractivity (Wildman–Crippen MR) is 135 cm³/mol. The maximum absolute atomic E-state index is 13.3. The minimum absolute atomic E-state index is 0.103. The maximum atomic E-state index is 13.3. The van der Waals surface area contributed by atoms with E-state index in [-0.39, 0.29) is 22.9 Å². The van der Waals surface area contributed by atoms with E-state index in [1.807, 2.05) is 30.3 Å². The fourth-order valence-electron chi connectivity index (χ4n) is 3.98. The van der Waals surface area contributed by atoms with Crippen LogP contribution in [0.3, 0.4) is 0 Å². The number of nitrogens with one attached hydrogen (secondary N) is 2. The Kier molecular flexibility index (Phi) is 6.71. The number of amides is 1. The van der Waals surface area contributed by atoms with Gasteiger partial charge in [0.2, 0.25) is 10.0 Å². The quantitative estimate of drug-likeness (QED) is 0.375. The average Bonchev–Trinajstić information content (AvgIpc) is 3.59. The molecule has 1 aliphatic heterocycles. The largest absolute Gasteiger partial charge is 0.381 e. The van der Waals surface area contributed by atoms with Crippen LogP contribution in [0.2, 0.25) is 0 Å². The third-order valence-corrected chi connectivity index (χ3v) is 8.28. The number of pyridine rings is 1. The Morgan fingerprint density at radius 1 is 0.971 bits per heavy atom. The Balaban J connectivity index is 1.41. The van der Waals surface area contributed by atoms with Crippen LogP contribution in [0, 0.1) is 0 Å². The molecule has 35 heavy (non-hydrogen) atoms. The summed E-state index contributed by atoms with van der Waals surface area (Å²) in [6.07, 6.45) is 3.33. The molecule has 0 radical (unpaired) electrons. The zero-order valence-electron chi connectivity index (χ0n) is 18.8. The minimum atomic E-state index is -3.70. The summed E-state index contributed by atoms with van der Waals surface area (Å²) < 4.78 is 36.5. The lowest BCUT2D eigenvalue weighted by molar-refractivity contribution is 0.0950. The van der Waals surface area contributed by atoms with E-state index in [2.05, 4.69) is 24.4 Å². The first kappa shape index (κ1) is 23.3. The second-order valence-corrected chi connectivity index (χ2v) is 10.8. The van der Waals surface area contributed by atoms with Gasteiger partial charge in [0.15, 0.2) is 0 Å². The van der Waals surface area contributed by atoms with Crippen molar-refractivity contribution in [3.05, 3.63) is 77.6 Å². The molecule has 0 atom stereocenters. The Morgan fingerprint density at radius 3 is 2.60 bits per heavy atom. The Bertz CT molecular complexity index is 1450. The summed E-state index contributed by atoms with van der Waals surface area (Å²) in [5.74, 6) is -0.368. The molecule has 0 spiro atoms. The lowest BCUT2D eigenvalue weighted by atomic mass is 10.1. The summed E-state index contributed by atoms with van der Waals surface area (Å²) in [7, 11) is -3.70. The minimum Gasteiger partial charge on any atom is -0.381 e. The smallest absolute Gasteiger partial charge is 0.251 e. The van der Waals surface area contributed by atoms with Crippen LogP contribution in [-0.2, 0) is 23.1 Å². The van der Waals surface area contributed by atoms with Crippen molar-refractivity contribution in [3.63, 3.8) is 0 Å². The third-order valence-electron chi connectivity index (χ3n) is 5.84. The predicted octanol–water partition coefficient (Wildman–Crippen LogP) is 3.41. The van der Waals surface area contributed by atoms with E-state index in [0.717, 1.165) is 41.2 Å². The number of fused-ring (bicyclic) bond motifs is 1. The molecule has 4 aromatic rings. The monoisotopic (exact) mass is 508 g/mol. The van der Waals surface area contributed by atoms with Gasteiger partial charge < -0.3 is 10.6 Å². The van der Waals surface area contributed by atoms with Crippen LogP contribution in [0.1, 0.15) is 34.5 Å². The van der Waals surface area contributed by atoms with Gasteiger partial charge in [0.05, 0.1) is 28.9 Å². The number of rotatable bonds is 8. The lowest BCUT2D eigenvalue weighted by Gasteiger charge is -2.18. The van der Waals surface area contributed by atoms with Gasteiger partial charge in [-0.15, -0.1) is 0 Å². The molecule has 0 aliphatic carbocycles. The normalized spacial score (nSPS) is 14.3. The number of carbonyl (C=O) groups is 1. The first-order chi connectivity index (χ1) is 17.0. The first-order valence-electron chi connectivity index (χ1n) is 11.3. The van der Waals surface area contributed by atoms with Crippen LogP contribution in [-0.4, -0.2) is 45.5 Å². The molecular weight excluding hydrogens is 484 g/mol. The van der Waals surface area contributed by atoms with Gasteiger partial charge >= 0.3 is 0 Å². The average molecular weight is 509 g/mol. The van der Waals surface area contributed by atoms with Crippen molar-refractivity contribution in [3.8, 4) is 0 Å². The first-order valence-corrected chi connectivity index (χ1v) is 13.4. The number of aromatic nitrogens is 3. The van der Waals surface area contributed by atoms with Crippen molar-refractivity contribution in [2.75, 3.05) is 18.4 Å². The number of nitrogens with zero attached hydrogens (tertiary/aromatic N) is 4. The molecule has 1 amide bonds. The van der Waals surface area contributed by atoms with E-state index in [9.17, 15) is 13.2 Å². The van der Waals surface area contributed by atoms with E-state index in [0.29, 0.717) is 31.0 Å². The molecular formula is C24H24N6O3S2. The Hall–Kier alpha value is -3.41. The fraction of sp³-hybridized carbons (Fsp3) is 0.250. The number of hydrogen-bond donors (Lipinski definition) is 2. The van der Waals surface area contributed by atoms with Crippen molar-refractivity contribution < 1.29 is 13.2 Å². The van der Waals surface area contributed by atoms with Gasteiger partial charge in [0.1, 0.15) is 11.0 Å². The highest BCUT2D eigenvalue weighted by Crippen LogP contribution is 2.26. The van der Waals surface area contributed by atoms with Gasteiger partial charge in [0, 0.05) is 37.1 Å². The number of anilines is 1. The summed E-state index contributed by atoms with van der Waals surface area (Å²) in [6.45, 7) is 1.66. The molecule has 2 aromatic heterocycles. The highest BCUT2D eigenvalue weighted by atomic mass is 32.2. The summed E-state index contributed by atoms with van der Waals surface area (Å²) in [5.41, 5.74) is 4.15. The molecule has 0 saturated carbocycles. The summed E-state index contributed by atoms with van der Waals surface area (Å²) in [4.78, 5) is 17.3. The van der Waals surface area contributed by atoms with Crippen molar-refractivity contribution in [1.29, 1.82) is 0 Å². The molecule has 3 heterocycles. The van der Waals surface area contributed by atoms with Crippen LogP contribution in [0.25, 0.3) is 11.0 Å². The standard InChI is InChI=1S/C24H24N6O3S2/c31-24(27-16-19-5-1-2-8-25-19)18-12-20(14-21(13-18)35(32,33)30-9-3-4-10-30)26-15-17-6-7-22-23(11-17)29-34-28-22/h1-2,5-8,11-14,26H,3-4,9-10,15-16H2,(H,27,31). The van der Waals surface area contributed by atoms with E-state index in [1.54, 1.807) is 24.4 Å². The number of sulfonamides is 1. The van der Waals surface area contributed by atoms with Crippen LogP contribution >= 0.6 is 11.7 Å². The number of benzene rings is 2. The van der Waals surface area contributed by atoms with Gasteiger partial charge in [-0.1, -0.05) is 12.1 Å². The molecule has 180 valence electrons. The van der Waals surface area contributed by atoms with Crippen LogP contribution in [0.15, 0.2) is 65.7 Å². The molecule has 1 fully saturated rings. The molecule has 11 heteroatoms. The zero-order valence-corrected chi connectivity index (χ0v) is 20.5. The summed E-state index contributed by atoms with van der Waals surface area (Å²) in [5, 5.41) is 6.10. The van der Waals surface area contributed by atoms with Crippen molar-refractivity contribution in [2.24, 2.45) is 0 Å². The highest BCUT2D eigenvalue weighted by molar-refractivity contribution is 7.89. The second-order valence-electron chi connectivity index (χ2n) is 8.30. The van der Waals surface area contributed by atoms with Gasteiger partial charge in [-0.05, 0) is 60.9 Å². The van der Waals surface area contributed by atoms with E-state index < -0.39 is 10.0 Å². The van der Waals surface area contributed by atoms with E-state index in [1.165, 1.54) is 10.4 Å². The molecule has 2 N–H and O–H groups in total. The van der Waals surface area contributed by atoms with Crippen LogP contribution in [0.4, 0.5) is 5.69 Å². The summed E-state index contributed by atoms with van der Waals surface area (Å²) >= 11 is 1.16. The molecule has 0 bridgehead atoms. The lowest BCUT2D eigenvalue weighted by Crippen LogP contribution is -2.29. The maximum Gasteiger partial charge on any atom is 0.251 e. The summed E-state index contributed by atoms with van der Waals surface area (Å²) in [6, 6.07) is 16.0. The van der Waals surface area contributed by atoms with Gasteiger partial charge in [-0.25, -0.2) is 8.42 Å². The van der Waals surface area contributed by atoms with Crippen molar-refractivity contribution in [1.82, 2.24) is 23.4 Å². The van der Waals surface area contributed by atoms with Gasteiger partial charge in [0.25, 0.3) is 5.91 Å². The SMILES string of the molecule is O=C(NCc1ccccn1)c1cc(NCc2ccc3nsnc3c2)cc(S(=O)(=O)N2CCCC2)c1. The van der Waals surface area contributed by atoms with Crippen molar-refractivity contribution in [2.45, 2.75) is 30.8 Å². The number of carbonyl (C=O) groups excluding carboxylic acids is 1. The van der Waals surface area contributed by atoms with Crippen molar-refractivity contribution >= 4 is 44.4 Å². The Morgan fingerprint density at radius 2 is 1.80 bits per heavy atom. The number of hydrogen-bond acceptors (Lipinski definition) is 8. The topological polar surface area (TPSA) is 117 Å². The molecule has 1 aliphatic rings. The van der Waals surface area contributed by atoms with E-state index >= 15 is 0 Å². The highest BCUT2D eigenvalue weighted by Gasteiger charge is 2.28. The Labute approximate surface area is 207 Å². The third kappa shape index (κ3) is 5.31. The van der Waals surface area contributed by atoms with Gasteiger partial charge in [-0.3, -0.25) is 9.78 Å². The fourth-order valence-corrected chi connectivity index (χ4v) is 6.08. The zero-order chi connectivity index (χ0) is 24.3. The van der Waals surface area contributed by atoms with E-state index in [4.69, 9.17) is 0 Å². The molecule has 5 rings (SSSR count). The molecule has 2 aromatic carbocycles. The van der Waals surface area contributed by atoms with Crippen LogP contribution < -0.4 is 10.6 Å². The second kappa shape index (κ2) is 10.1.